The van der Waals surface area contributed by atoms with Gasteiger partial charge >= 0.3 is 6.18 Å². The minimum atomic E-state index is -4.36. The van der Waals surface area contributed by atoms with Crippen LogP contribution in [0, 0.1) is 0 Å². The summed E-state index contributed by atoms with van der Waals surface area (Å²) in [6.45, 7) is 2.13. The zero-order valence-electron chi connectivity index (χ0n) is 26.4. The predicted molar refractivity (Wildman–Crippen MR) is 174 cm³/mol. The summed E-state index contributed by atoms with van der Waals surface area (Å²) in [5, 5.41) is 0. The molecule has 5 rings (SSSR count). The van der Waals surface area contributed by atoms with Gasteiger partial charge in [-0.1, -0.05) is 42.5 Å². The Morgan fingerprint density at radius 1 is 1.02 bits per heavy atom. The van der Waals surface area contributed by atoms with Crippen molar-refractivity contribution >= 4 is 22.9 Å². The first-order valence-electron chi connectivity index (χ1n) is 15.7. The summed E-state index contributed by atoms with van der Waals surface area (Å²) >= 11 is 0. The number of piperidine rings is 1. The standard InChI is InChI=1S/C35H42F3N5O3/c1-41(33(44)27-8-4-3-5-9-27)24-28(26-12-14-30(45-2)15-13-26)16-19-42-20-17-29(18-21-42)43(22-23-46-25-35(36,37)38)34-39-31-10-6-7-11-32(31)40-34/h3-15,28-29H,16-25H2,1-2H3,(H,39,40). The van der Waals surface area contributed by atoms with Gasteiger partial charge in [0.2, 0.25) is 5.95 Å². The first kappa shape index (κ1) is 33.3. The number of H-pyrrole nitrogens is 1. The van der Waals surface area contributed by atoms with Crippen LogP contribution in [0.3, 0.4) is 0 Å². The number of anilines is 1. The lowest BCUT2D eigenvalue weighted by Gasteiger charge is -2.39. The number of carbonyl (C=O) groups is 1. The number of amides is 1. The molecule has 246 valence electrons. The average Bonchev–Trinajstić information content (AvgIpc) is 3.50. The number of halogens is 3. The minimum Gasteiger partial charge on any atom is -0.497 e. The Kier molecular flexibility index (Phi) is 11.2. The quantitative estimate of drug-likeness (QED) is 0.162. The molecule has 1 aromatic heterocycles. The summed E-state index contributed by atoms with van der Waals surface area (Å²) in [6, 6.07) is 25.2. The maximum atomic E-state index is 13.2. The SMILES string of the molecule is COc1ccc(C(CCN2CCC(N(CCOCC(F)(F)F)c3nc4ccccc4[nH]3)CC2)CN(C)C(=O)c2ccccc2)cc1. The van der Waals surface area contributed by atoms with Gasteiger partial charge in [-0.3, -0.25) is 4.79 Å². The third kappa shape index (κ3) is 9.01. The number of likely N-dealkylation sites (tertiary alicyclic amines) is 1. The fraction of sp³-hybridized carbons (Fsp3) is 0.429. The minimum absolute atomic E-state index is 0.00943. The van der Waals surface area contributed by atoms with Gasteiger partial charge in [-0.2, -0.15) is 13.2 Å². The molecule has 8 nitrogen and oxygen atoms in total. The molecule has 1 aliphatic rings. The largest absolute Gasteiger partial charge is 0.497 e. The van der Waals surface area contributed by atoms with E-state index in [1.165, 1.54) is 0 Å². The number of aromatic amines is 1. The van der Waals surface area contributed by atoms with Crippen LogP contribution in [0.2, 0.25) is 0 Å². The van der Waals surface area contributed by atoms with Gasteiger partial charge in [-0.05, 0) is 67.8 Å². The van der Waals surface area contributed by atoms with Gasteiger partial charge in [0.15, 0.2) is 0 Å². The second-order valence-corrected chi connectivity index (χ2v) is 11.8. The molecular formula is C35H42F3N5O3. The second kappa shape index (κ2) is 15.5. The predicted octanol–water partition coefficient (Wildman–Crippen LogP) is 6.37. The molecule has 0 spiro atoms. The fourth-order valence-electron chi connectivity index (χ4n) is 6.13. The lowest BCUT2D eigenvalue weighted by atomic mass is 9.93. The first-order valence-corrected chi connectivity index (χ1v) is 15.7. The third-order valence-electron chi connectivity index (χ3n) is 8.63. The molecule has 1 saturated heterocycles. The number of nitrogens with one attached hydrogen (secondary N) is 1. The van der Waals surface area contributed by atoms with Gasteiger partial charge in [-0.25, -0.2) is 4.98 Å². The van der Waals surface area contributed by atoms with Crippen LogP contribution in [0.25, 0.3) is 11.0 Å². The lowest BCUT2D eigenvalue weighted by Crippen LogP contribution is -2.47. The summed E-state index contributed by atoms with van der Waals surface area (Å²) in [4.78, 5) is 27.5. The number of methoxy groups -OCH3 is 1. The van der Waals surface area contributed by atoms with Gasteiger partial charge in [0.05, 0.1) is 24.8 Å². The molecule has 11 heteroatoms. The van der Waals surface area contributed by atoms with E-state index in [0.717, 1.165) is 61.2 Å². The van der Waals surface area contributed by atoms with Crippen LogP contribution in [-0.2, 0) is 4.74 Å². The zero-order chi connectivity index (χ0) is 32.5. The van der Waals surface area contributed by atoms with Crippen molar-refractivity contribution in [2.75, 3.05) is 65.0 Å². The van der Waals surface area contributed by atoms with E-state index in [4.69, 9.17) is 14.5 Å². The molecule has 0 saturated carbocycles. The number of alkyl halides is 3. The summed E-state index contributed by atoms with van der Waals surface area (Å²) < 4.78 is 48.5. The summed E-state index contributed by atoms with van der Waals surface area (Å²) in [7, 11) is 3.50. The van der Waals surface area contributed by atoms with E-state index in [-0.39, 0.29) is 24.5 Å². The zero-order valence-corrected chi connectivity index (χ0v) is 26.4. The van der Waals surface area contributed by atoms with Gasteiger partial charge in [0, 0.05) is 50.7 Å². The van der Waals surface area contributed by atoms with Crippen molar-refractivity contribution in [1.82, 2.24) is 19.8 Å². The van der Waals surface area contributed by atoms with E-state index in [2.05, 4.69) is 26.9 Å². The van der Waals surface area contributed by atoms with Gasteiger partial charge in [0.25, 0.3) is 5.91 Å². The summed E-state index contributed by atoms with van der Waals surface area (Å²) in [5.74, 6) is 1.56. The molecule has 4 aromatic rings. The van der Waals surface area contributed by atoms with E-state index in [1.807, 2.05) is 73.8 Å². The van der Waals surface area contributed by atoms with Crippen molar-refractivity contribution < 1.29 is 27.4 Å². The monoisotopic (exact) mass is 637 g/mol. The molecule has 3 aromatic carbocycles. The second-order valence-electron chi connectivity index (χ2n) is 11.8. The molecule has 1 aliphatic heterocycles. The molecule has 0 bridgehead atoms. The van der Waals surface area contributed by atoms with Crippen LogP contribution in [-0.4, -0.2) is 98.0 Å². The number of hydrogen-bond acceptors (Lipinski definition) is 6. The number of hydrogen-bond donors (Lipinski definition) is 1. The number of imidazole rings is 1. The highest BCUT2D eigenvalue weighted by atomic mass is 19.4. The van der Waals surface area contributed by atoms with Crippen LogP contribution in [0.15, 0.2) is 78.9 Å². The van der Waals surface area contributed by atoms with E-state index >= 15 is 0 Å². The molecular weight excluding hydrogens is 595 g/mol. The van der Waals surface area contributed by atoms with Crippen LogP contribution in [0.4, 0.5) is 19.1 Å². The third-order valence-corrected chi connectivity index (χ3v) is 8.63. The molecule has 0 aliphatic carbocycles. The van der Waals surface area contributed by atoms with Crippen molar-refractivity contribution in [3.05, 3.63) is 90.0 Å². The molecule has 1 fully saturated rings. The smallest absolute Gasteiger partial charge is 0.411 e. The Labute approximate surface area is 268 Å². The van der Waals surface area contributed by atoms with Crippen LogP contribution < -0.4 is 9.64 Å². The maximum absolute atomic E-state index is 13.2. The number of benzene rings is 3. The van der Waals surface area contributed by atoms with Crippen molar-refractivity contribution in [3.63, 3.8) is 0 Å². The fourth-order valence-corrected chi connectivity index (χ4v) is 6.13. The highest BCUT2D eigenvalue weighted by molar-refractivity contribution is 5.94. The molecule has 0 radical (unpaired) electrons. The van der Waals surface area contributed by atoms with E-state index < -0.39 is 12.8 Å². The molecule has 1 N–H and O–H groups in total. The number of aromatic nitrogens is 2. The van der Waals surface area contributed by atoms with E-state index in [1.54, 1.807) is 12.0 Å². The molecule has 46 heavy (non-hydrogen) atoms. The normalized spacial score (nSPS) is 15.2. The first-order chi connectivity index (χ1) is 22.2. The lowest BCUT2D eigenvalue weighted by molar-refractivity contribution is -0.173. The molecule has 1 atom stereocenters. The van der Waals surface area contributed by atoms with E-state index in [9.17, 15) is 18.0 Å². The highest BCUT2D eigenvalue weighted by Crippen LogP contribution is 2.28. The number of para-hydroxylation sites is 2. The van der Waals surface area contributed by atoms with Crippen LogP contribution in [0.1, 0.15) is 41.1 Å². The van der Waals surface area contributed by atoms with Crippen LogP contribution >= 0.6 is 0 Å². The Balaban J connectivity index is 1.22. The van der Waals surface area contributed by atoms with Crippen molar-refractivity contribution in [2.45, 2.75) is 37.4 Å². The summed E-state index contributed by atoms with van der Waals surface area (Å²) in [5.41, 5.74) is 3.52. The Morgan fingerprint density at radius 2 is 1.72 bits per heavy atom. The number of rotatable bonds is 14. The molecule has 2 heterocycles. The Morgan fingerprint density at radius 3 is 2.39 bits per heavy atom. The topological polar surface area (TPSA) is 73.9 Å². The number of nitrogens with zero attached hydrogens (tertiary/aromatic N) is 4. The average molecular weight is 638 g/mol. The summed E-state index contributed by atoms with van der Waals surface area (Å²) in [6.07, 6.45) is -1.81. The van der Waals surface area contributed by atoms with Gasteiger partial charge in [-0.15, -0.1) is 0 Å². The number of ether oxygens (including phenoxy) is 2. The maximum Gasteiger partial charge on any atom is 0.411 e. The molecule has 1 amide bonds. The van der Waals surface area contributed by atoms with Gasteiger partial charge in [0.1, 0.15) is 12.4 Å². The number of likely N-dealkylation sites (N-methyl/N-ethyl adjacent to an activating group) is 1. The van der Waals surface area contributed by atoms with Crippen LogP contribution in [0.5, 0.6) is 5.75 Å². The Bertz CT molecular complexity index is 1490. The van der Waals surface area contributed by atoms with E-state index in [0.29, 0.717) is 24.6 Å². The van der Waals surface area contributed by atoms with Gasteiger partial charge < -0.3 is 29.2 Å². The molecule has 1 unspecified atom stereocenters. The van der Waals surface area contributed by atoms with Crippen molar-refractivity contribution in [2.24, 2.45) is 0 Å². The Hall–Kier alpha value is -4.09. The highest BCUT2D eigenvalue weighted by Gasteiger charge is 2.30. The van der Waals surface area contributed by atoms with Crippen molar-refractivity contribution in [1.29, 1.82) is 0 Å². The number of carbonyl (C=O) groups excluding carboxylic acids is 1. The van der Waals surface area contributed by atoms with Crippen molar-refractivity contribution in [3.8, 4) is 5.75 Å². The number of fused-ring (bicyclic) bond motifs is 1.